The van der Waals surface area contributed by atoms with Crippen LogP contribution in [0.25, 0.3) is 0 Å². The minimum Gasteiger partial charge on any atom is -0.314 e. The zero-order valence-electron chi connectivity index (χ0n) is 11.8. The van der Waals surface area contributed by atoms with Crippen LogP contribution >= 0.6 is 11.3 Å². The Bertz CT molecular complexity index is 367. The van der Waals surface area contributed by atoms with Gasteiger partial charge in [0.15, 0.2) is 0 Å². The minimum atomic E-state index is 0.243. The molecule has 3 nitrogen and oxygen atoms in total. The van der Waals surface area contributed by atoms with E-state index in [1.165, 1.54) is 10.4 Å². The smallest absolute Gasteiger partial charge is 0.0303 e. The van der Waals surface area contributed by atoms with E-state index in [1.54, 1.807) is 0 Å². The first-order valence-corrected chi connectivity index (χ1v) is 7.67. The second-order valence-electron chi connectivity index (χ2n) is 5.68. The number of nitrogens with one attached hydrogen (secondary N) is 2. The van der Waals surface area contributed by atoms with Gasteiger partial charge in [-0.1, -0.05) is 0 Å². The fraction of sp³-hybridized carbons (Fsp3) is 0.714. The number of rotatable bonds is 5. The van der Waals surface area contributed by atoms with Crippen LogP contribution in [0.15, 0.2) is 11.4 Å². The molecule has 2 rings (SSSR count). The maximum absolute atomic E-state index is 3.61. The molecule has 1 saturated heterocycles. The van der Waals surface area contributed by atoms with Gasteiger partial charge < -0.3 is 10.6 Å². The minimum absolute atomic E-state index is 0.243. The van der Waals surface area contributed by atoms with Crippen molar-refractivity contribution in [3.63, 3.8) is 0 Å². The van der Waals surface area contributed by atoms with Crippen LogP contribution in [0.3, 0.4) is 0 Å². The zero-order chi connectivity index (χ0) is 13.0. The van der Waals surface area contributed by atoms with Crippen LogP contribution in [-0.2, 0) is 6.54 Å². The van der Waals surface area contributed by atoms with Gasteiger partial charge in [0.05, 0.1) is 0 Å². The van der Waals surface area contributed by atoms with Crippen molar-refractivity contribution >= 4 is 11.3 Å². The van der Waals surface area contributed by atoms with Crippen molar-refractivity contribution in [3.05, 3.63) is 21.9 Å². The molecule has 0 amide bonds. The highest BCUT2D eigenvalue weighted by atomic mass is 32.1. The fourth-order valence-corrected chi connectivity index (χ4v) is 3.32. The molecule has 0 bridgehead atoms. The fourth-order valence-electron chi connectivity index (χ4n) is 2.45. The molecule has 0 aromatic carbocycles. The highest BCUT2D eigenvalue weighted by Gasteiger charge is 2.27. The standard InChI is InChI=1S/C14H25N3S/c1-12-4-9-18-13(12)10-16-11-14(2,3)17-7-5-15-6-8-17/h4,9,15-16H,5-8,10-11H2,1-3H3. The lowest BCUT2D eigenvalue weighted by molar-refractivity contribution is 0.102. The van der Waals surface area contributed by atoms with E-state index in [0.29, 0.717) is 0 Å². The van der Waals surface area contributed by atoms with Crippen molar-refractivity contribution in [2.75, 3.05) is 32.7 Å². The first-order chi connectivity index (χ1) is 8.59. The molecule has 1 aromatic heterocycles. The maximum atomic E-state index is 3.61. The summed E-state index contributed by atoms with van der Waals surface area (Å²) >= 11 is 1.85. The summed E-state index contributed by atoms with van der Waals surface area (Å²) in [6.07, 6.45) is 0. The summed E-state index contributed by atoms with van der Waals surface area (Å²) in [4.78, 5) is 4.05. The molecule has 18 heavy (non-hydrogen) atoms. The van der Waals surface area contributed by atoms with Gasteiger partial charge in [-0.05, 0) is 37.8 Å². The summed E-state index contributed by atoms with van der Waals surface area (Å²) in [5, 5.41) is 9.20. The van der Waals surface area contributed by atoms with Gasteiger partial charge in [-0.3, -0.25) is 4.90 Å². The highest BCUT2D eigenvalue weighted by molar-refractivity contribution is 7.10. The quantitative estimate of drug-likeness (QED) is 0.852. The average Bonchev–Trinajstić information content (AvgIpc) is 2.76. The number of aryl methyl sites for hydroxylation is 1. The molecule has 0 aliphatic carbocycles. The van der Waals surface area contributed by atoms with Gasteiger partial charge in [0.25, 0.3) is 0 Å². The van der Waals surface area contributed by atoms with Gasteiger partial charge in [0.2, 0.25) is 0 Å². The lowest BCUT2D eigenvalue weighted by atomic mass is 10.0. The zero-order valence-corrected chi connectivity index (χ0v) is 12.6. The van der Waals surface area contributed by atoms with Gasteiger partial charge in [-0.25, -0.2) is 0 Å². The molecule has 102 valence electrons. The SMILES string of the molecule is Cc1ccsc1CNCC(C)(C)N1CCNCC1. The van der Waals surface area contributed by atoms with Crippen molar-refractivity contribution in [2.24, 2.45) is 0 Å². The number of nitrogens with zero attached hydrogens (tertiary/aromatic N) is 1. The van der Waals surface area contributed by atoms with Crippen LogP contribution in [0.2, 0.25) is 0 Å². The molecule has 0 unspecified atom stereocenters. The highest BCUT2D eigenvalue weighted by Crippen LogP contribution is 2.17. The molecule has 0 atom stereocenters. The number of piperazine rings is 1. The predicted octanol–water partition coefficient (Wildman–Crippen LogP) is 1.83. The molecule has 1 aliphatic heterocycles. The summed E-state index contributed by atoms with van der Waals surface area (Å²) in [6, 6.07) is 2.20. The van der Waals surface area contributed by atoms with Gasteiger partial charge in [-0.15, -0.1) is 11.3 Å². The number of hydrogen-bond donors (Lipinski definition) is 2. The van der Waals surface area contributed by atoms with Gasteiger partial charge in [0, 0.05) is 49.7 Å². The largest absolute Gasteiger partial charge is 0.314 e. The topological polar surface area (TPSA) is 27.3 Å². The van der Waals surface area contributed by atoms with Crippen molar-refractivity contribution in [1.82, 2.24) is 15.5 Å². The Balaban J connectivity index is 1.79. The van der Waals surface area contributed by atoms with Crippen LogP contribution in [0.1, 0.15) is 24.3 Å². The molecule has 1 fully saturated rings. The van der Waals surface area contributed by atoms with E-state index in [0.717, 1.165) is 39.3 Å². The lowest BCUT2D eigenvalue weighted by Gasteiger charge is -2.41. The van der Waals surface area contributed by atoms with E-state index >= 15 is 0 Å². The molecule has 0 radical (unpaired) electrons. The van der Waals surface area contributed by atoms with Crippen LogP contribution in [0.4, 0.5) is 0 Å². The third-order valence-electron chi connectivity index (χ3n) is 3.78. The Kier molecular flexibility index (Phi) is 4.78. The predicted molar refractivity (Wildman–Crippen MR) is 79.3 cm³/mol. The lowest BCUT2D eigenvalue weighted by Crippen LogP contribution is -2.57. The van der Waals surface area contributed by atoms with E-state index in [2.05, 4.69) is 47.8 Å². The van der Waals surface area contributed by atoms with E-state index in [1.807, 2.05) is 11.3 Å². The van der Waals surface area contributed by atoms with Crippen molar-refractivity contribution in [1.29, 1.82) is 0 Å². The Labute approximate surface area is 115 Å². The Morgan fingerprint density at radius 3 is 2.72 bits per heavy atom. The molecule has 2 heterocycles. The Morgan fingerprint density at radius 1 is 1.39 bits per heavy atom. The molecular formula is C14H25N3S. The second-order valence-corrected chi connectivity index (χ2v) is 6.68. The van der Waals surface area contributed by atoms with Crippen LogP contribution in [0.5, 0.6) is 0 Å². The van der Waals surface area contributed by atoms with Gasteiger partial charge in [-0.2, -0.15) is 0 Å². The maximum Gasteiger partial charge on any atom is 0.0303 e. The Hall–Kier alpha value is -0.420. The third kappa shape index (κ3) is 3.54. The second kappa shape index (κ2) is 6.15. The van der Waals surface area contributed by atoms with Crippen LogP contribution < -0.4 is 10.6 Å². The molecule has 0 spiro atoms. The summed E-state index contributed by atoms with van der Waals surface area (Å²) in [5.41, 5.74) is 1.65. The van der Waals surface area contributed by atoms with Gasteiger partial charge in [0.1, 0.15) is 0 Å². The number of hydrogen-bond acceptors (Lipinski definition) is 4. The molecular weight excluding hydrogens is 242 g/mol. The van der Waals surface area contributed by atoms with Crippen LogP contribution in [0, 0.1) is 6.92 Å². The molecule has 1 aromatic rings. The monoisotopic (exact) mass is 267 g/mol. The third-order valence-corrected chi connectivity index (χ3v) is 4.81. The molecule has 2 N–H and O–H groups in total. The Morgan fingerprint density at radius 2 is 2.11 bits per heavy atom. The van der Waals surface area contributed by atoms with Crippen molar-refractivity contribution in [2.45, 2.75) is 32.9 Å². The van der Waals surface area contributed by atoms with Crippen molar-refractivity contribution in [3.8, 4) is 0 Å². The van der Waals surface area contributed by atoms with E-state index < -0.39 is 0 Å². The molecule has 4 heteroatoms. The van der Waals surface area contributed by atoms with Crippen molar-refractivity contribution < 1.29 is 0 Å². The average molecular weight is 267 g/mol. The summed E-state index contributed by atoms with van der Waals surface area (Å²) in [6.45, 7) is 13.5. The normalized spacial score (nSPS) is 18.2. The first-order valence-electron chi connectivity index (χ1n) is 6.79. The number of thiophene rings is 1. The first kappa shape index (κ1) is 14.0. The van der Waals surface area contributed by atoms with Crippen LogP contribution in [-0.4, -0.2) is 43.2 Å². The molecule has 0 saturated carbocycles. The summed E-state index contributed by atoms with van der Waals surface area (Å²) in [5.74, 6) is 0. The van der Waals surface area contributed by atoms with E-state index in [-0.39, 0.29) is 5.54 Å². The van der Waals surface area contributed by atoms with Gasteiger partial charge >= 0.3 is 0 Å². The molecule has 1 aliphatic rings. The van der Waals surface area contributed by atoms with E-state index in [4.69, 9.17) is 0 Å². The van der Waals surface area contributed by atoms with E-state index in [9.17, 15) is 0 Å². The summed E-state index contributed by atoms with van der Waals surface area (Å²) in [7, 11) is 0. The summed E-state index contributed by atoms with van der Waals surface area (Å²) < 4.78 is 0.